The molecule has 1 aliphatic heterocycles. The topological polar surface area (TPSA) is 149 Å². The number of allylic oxidation sites excluding steroid dienone is 13. The monoisotopic (exact) mass is 1020 g/mol. The molecule has 7 atom stereocenters. The predicted molar refractivity (Wildman–Crippen MR) is 308 cm³/mol. The molecule has 422 valence electrons. The molecule has 0 saturated carbocycles. The molecule has 1 rings (SSSR count). The molecular weight excluding hydrogens is 911 g/mol. The summed E-state index contributed by atoms with van der Waals surface area (Å²) < 4.78 is 11.3. The van der Waals surface area contributed by atoms with Crippen LogP contribution >= 0.6 is 0 Å². The normalized spacial score (nSPS) is 19.7. The van der Waals surface area contributed by atoms with Crippen molar-refractivity contribution in [2.24, 2.45) is 0 Å². The zero-order valence-corrected chi connectivity index (χ0v) is 46.9. The molecule has 1 fully saturated rings. The fourth-order valence-electron chi connectivity index (χ4n) is 9.18. The summed E-state index contributed by atoms with van der Waals surface area (Å²) in [5.74, 6) is -0.191. The Morgan fingerprint density at radius 2 is 0.863 bits per heavy atom. The quantitative estimate of drug-likeness (QED) is 0.0261. The van der Waals surface area contributed by atoms with Crippen molar-refractivity contribution >= 4 is 5.91 Å². The number of aliphatic hydroxyl groups excluding tert-OH is 5. The Hall–Kier alpha value is -2.63. The minimum atomic E-state index is -1.58. The number of carbonyl (C=O) groups is 1. The van der Waals surface area contributed by atoms with Crippen molar-refractivity contribution in [3.05, 3.63) is 85.1 Å². The minimum Gasteiger partial charge on any atom is -0.394 e. The van der Waals surface area contributed by atoms with Gasteiger partial charge in [-0.15, -0.1) is 0 Å². The highest BCUT2D eigenvalue weighted by Gasteiger charge is 2.44. The summed E-state index contributed by atoms with van der Waals surface area (Å²) in [6.45, 7) is 3.66. The van der Waals surface area contributed by atoms with Gasteiger partial charge < -0.3 is 40.3 Å². The van der Waals surface area contributed by atoms with Gasteiger partial charge in [0.25, 0.3) is 0 Å². The SMILES string of the molecule is CC/C=C\C/C=C\C/C=C\C/C=C\CCCCCCCCCCCCCCCCCCC(=O)NC(COC1OC(CO)C(O)C(O)C1O)C(O)/C=C/CC/C=C/CC/C=C/CCCCCCCCCCCCC. The molecule has 0 aromatic heterocycles. The van der Waals surface area contributed by atoms with E-state index in [4.69, 9.17) is 9.47 Å². The van der Waals surface area contributed by atoms with Gasteiger partial charge in [0.05, 0.1) is 25.4 Å². The maximum absolute atomic E-state index is 13.1. The Morgan fingerprint density at radius 1 is 0.479 bits per heavy atom. The number of hydrogen-bond donors (Lipinski definition) is 6. The smallest absolute Gasteiger partial charge is 0.220 e. The van der Waals surface area contributed by atoms with E-state index in [1.54, 1.807) is 6.08 Å². The van der Waals surface area contributed by atoms with Crippen LogP contribution in [0.25, 0.3) is 0 Å². The number of hydrogen-bond acceptors (Lipinski definition) is 8. The van der Waals surface area contributed by atoms with Crippen LogP contribution in [0, 0.1) is 0 Å². The van der Waals surface area contributed by atoms with Gasteiger partial charge in [-0.2, -0.15) is 0 Å². The molecule has 9 heteroatoms. The first-order valence-corrected chi connectivity index (χ1v) is 30.3. The average Bonchev–Trinajstić information content (AvgIpc) is 3.39. The minimum absolute atomic E-state index is 0.191. The number of nitrogens with one attached hydrogen (secondary N) is 1. The van der Waals surface area contributed by atoms with Gasteiger partial charge in [-0.3, -0.25) is 4.79 Å². The first-order chi connectivity index (χ1) is 35.8. The number of ether oxygens (including phenoxy) is 2. The molecule has 73 heavy (non-hydrogen) atoms. The fourth-order valence-corrected chi connectivity index (χ4v) is 9.18. The molecule has 0 radical (unpaired) electrons. The van der Waals surface area contributed by atoms with Gasteiger partial charge in [0, 0.05) is 6.42 Å². The summed E-state index contributed by atoms with van der Waals surface area (Å²) in [6.07, 6.45) is 68.0. The maximum atomic E-state index is 13.1. The van der Waals surface area contributed by atoms with E-state index < -0.39 is 49.5 Å². The first kappa shape index (κ1) is 68.4. The van der Waals surface area contributed by atoms with Crippen LogP contribution in [0.15, 0.2) is 85.1 Å². The second-order valence-electron chi connectivity index (χ2n) is 20.7. The summed E-state index contributed by atoms with van der Waals surface area (Å²) in [7, 11) is 0. The Labute approximate surface area is 448 Å². The zero-order valence-electron chi connectivity index (χ0n) is 46.9. The molecule has 0 aromatic carbocycles. The second kappa shape index (κ2) is 52.8. The summed E-state index contributed by atoms with van der Waals surface area (Å²) in [5.41, 5.74) is 0. The number of rotatable bonds is 51. The molecule has 1 amide bonds. The lowest BCUT2D eigenvalue weighted by Crippen LogP contribution is -2.60. The van der Waals surface area contributed by atoms with Crippen LogP contribution in [0.2, 0.25) is 0 Å². The average molecular weight is 1020 g/mol. The van der Waals surface area contributed by atoms with E-state index in [-0.39, 0.29) is 12.5 Å². The van der Waals surface area contributed by atoms with E-state index in [9.17, 15) is 30.3 Å². The van der Waals surface area contributed by atoms with Crippen LogP contribution in [0.5, 0.6) is 0 Å². The highest BCUT2D eigenvalue weighted by molar-refractivity contribution is 5.76. The van der Waals surface area contributed by atoms with Crippen molar-refractivity contribution in [3.8, 4) is 0 Å². The molecule has 7 unspecified atom stereocenters. The molecule has 1 aliphatic rings. The van der Waals surface area contributed by atoms with Gasteiger partial charge in [0.1, 0.15) is 24.4 Å². The third-order valence-corrected chi connectivity index (χ3v) is 13.9. The molecule has 6 N–H and O–H groups in total. The standard InChI is InChI=1S/C64H113NO8/c1-3-5-7-9-11-13-15-17-19-21-23-25-26-27-28-29-30-31-32-34-36-38-40-42-44-46-48-50-52-54-60(68)65-57(56-72-64-63(71)62(70)61(69)59(55-66)73-64)58(67)53-51-49-47-45-43-41-39-37-35-33-24-22-20-18-16-14-12-10-8-6-4-2/h5,7,11,13,17,19,23,25,35,37,43,45,51,53,57-59,61-64,66-67,69-71H,3-4,6,8-10,12,14-16,18,20-22,24,26-34,36,38-42,44,46-50,52,54-56H2,1-2H3,(H,65,68)/b7-5-,13-11-,19-17-,25-23-,37-35+,45-43+,53-51+. The van der Waals surface area contributed by atoms with Crippen LogP contribution < -0.4 is 5.32 Å². The van der Waals surface area contributed by atoms with E-state index in [1.165, 1.54) is 167 Å². The van der Waals surface area contributed by atoms with Crippen molar-refractivity contribution in [1.29, 1.82) is 0 Å². The molecule has 0 spiro atoms. The van der Waals surface area contributed by atoms with Crippen molar-refractivity contribution in [3.63, 3.8) is 0 Å². The van der Waals surface area contributed by atoms with Gasteiger partial charge in [-0.25, -0.2) is 0 Å². The van der Waals surface area contributed by atoms with E-state index in [0.29, 0.717) is 6.42 Å². The molecular formula is C64H113NO8. The van der Waals surface area contributed by atoms with E-state index in [0.717, 1.165) is 70.6 Å². The van der Waals surface area contributed by atoms with Gasteiger partial charge in [-0.1, -0.05) is 253 Å². The number of aliphatic hydroxyl groups is 5. The van der Waals surface area contributed by atoms with Crippen molar-refractivity contribution in [2.45, 2.75) is 301 Å². The van der Waals surface area contributed by atoms with Gasteiger partial charge >= 0.3 is 0 Å². The lowest BCUT2D eigenvalue weighted by atomic mass is 9.99. The zero-order chi connectivity index (χ0) is 52.9. The van der Waals surface area contributed by atoms with Crippen LogP contribution in [0.1, 0.15) is 258 Å². The Kier molecular flexibility index (Phi) is 49.5. The fraction of sp³-hybridized carbons (Fsp3) is 0.766. The van der Waals surface area contributed by atoms with Gasteiger partial charge in [-0.05, 0) is 83.5 Å². The summed E-state index contributed by atoms with van der Waals surface area (Å²) in [4.78, 5) is 13.1. The molecule has 0 aromatic rings. The first-order valence-electron chi connectivity index (χ1n) is 30.3. The number of amides is 1. The lowest BCUT2D eigenvalue weighted by Gasteiger charge is -2.40. The van der Waals surface area contributed by atoms with E-state index in [1.807, 2.05) is 6.08 Å². The third kappa shape index (κ3) is 42.2. The second-order valence-corrected chi connectivity index (χ2v) is 20.7. The largest absolute Gasteiger partial charge is 0.394 e. The molecule has 1 heterocycles. The molecule has 1 saturated heterocycles. The number of carbonyl (C=O) groups excluding carboxylic acids is 1. The summed E-state index contributed by atoms with van der Waals surface area (Å²) in [6, 6.07) is -0.832. The van der Waals surface area contributed by atoms with Crippen molar-refractivity contribution in [1.82, 2.24) is 5.32 Å². The van der Waals surface area contributed by atoms with Crippen LogP contribution in [0.3, 0.4) is 0 Å². The Bertz CT molecular complexity index is 1420. The van der Waals surface area contributed by atoms with Crippen LogP contribution in [-0.2, 0) is 14.3 Å². The van der Waals surface area contributed by atoms with Gasteiger partial charge in [0.2, 0.25) is 5.91 Å². The van der Waals surface area contributed by atoms with Crippen molar-refractivity contribution < 1.29 is 39.8 Å². The molecule has 9 nitrogen and oxygen atoms in total. The highest BCUT2D eigenvalue weighted by Crippen LogP contribution is 2.23. The summed E-state index contributed by atoms with van der Waals surface area (Å²) in [5, 5.41) is 54.5. The maximum Gasteiger partial charge on any atom is 0.220 e. The van der Waals surface area contributed by atoms with Crippen LogP contribution in [-0.4, -0.2) is 87.5 Å². The molecule has 0 aliphatic carbocycles. The Morgan fingerprint density at radius 3 is 1.32 bits per heavy atom. The van der Waals surface area contributed by atoms with E-state index >= 15 is 0 Å². The third-order valence-electron chi connectivity index (χ3n) is 13.9. The number of unbranched alkanes of at least 4 members (excludes halogenated alkanes) is 29. The Balaban J connectivity index is 2.22. The highest BCUT2D eigenvalue weighted by atomic mass is 16.7. The van der Waals surface area contributed by atoms with E-state index in [2.05, 4.69) is 92.1 Å². The summed E-state index contributed by atoms with van der Waals surface area (Å²) >= 11 is 0. The van der Waals surface area contributed by atoms with Crippen LogP contribution in [0.4, 0.5) is 0 Å². The van der Waals surface area contributed by atoms with Crippen molar-refractivity contribution in [2.75, 3.05) is 13.2 Å². The van der Waals surface area contributed by atoms with Gasteiger partial charge in [0.15, 0.2) is 6.29 Å². The predicted octanol–water partition coefficient (Wildman–Crippen LogP) is 15.4. The molecule has 0 bridgehead atoms. The lowest BCUT2D eigenvalue weighted by molar-refractivity contribution is -0.302.